The first-order valence-electron chi connectivity index (χ1n) is 12.1. The van der Waals surface area contributed by atoms with Gasteiger partial charge in [0.05, 0.1) is 12.3 Å². The summed E-state index contributed by atoms with van der Waals surface area (Å²) in [4.78, 5) is 24.8. The van der Waals surface area contributed by atoms with Gasteiger partial charge in [0, 0.05) is 50.7 Å². The average Bonchev–Trinajstić information content (AvgIpc) is 3.55. The number of benzene rings is 2. The van der Waals surface area contributed by atoms with Crippen LogP contribution in [0.4, 0.5) is 10.8 Å². The van der Waals surface area contributed by atoms with Crippen LogP contribution < -0.4 is 14.5 Å². The highest BCUT2D eigenvalue weighted by molar-refractivity contribution is 7.09. The zero-order valence-corrected chi connectivity index (χ0v) is 20.4. The van der Waals surface area contributed by atoms with Crippen LogP contribution in [0.2, 0.25) is 0 Å². The summed E-state index contributed by atoms with van der Waals surface area (Å²) in [6.07, 6.45) is 2.60. The van der Waals surface area contributed by atoms with E-state index in [4.69, 9.17) is 9.72 Å². The third-order valence-electron chi connectivity index (χ3n) is 6.54. The Labute approximate surface area is 205 Å². The first kappa shape index (κ1) is 22.7. The van der Waals surface area contributed by atoms with Crippen molar-refractivity contribution >= 4 is 28.3 Å². The van der Waals surface area contributed by atoms with Gasteiger partial charge in [0.15, 0.2) is 0 Å². The molecule has 2 aromatic carbocycles. The number of anilines is 2. The summed E-state index contributed by atoms with van der Waals surface area (Å²) < 4.78 is 10.4. The molecule has 3 heterocycles. The summed E-state index contributed by atoms with van der Waals surface area (Å²) >= 11 is 1.41. The molecule has 1 atom stereocenters. The minimum Gasteiger partial charge on any atom is -0.492 e. The van der Waals surface area contributed by atoms with Gasteiger partial charge in [-0.25, -0.2) is 4.98 Å². The summed E-state index contributed by atoms with van der Waals surface area (Å²) in [6.45, 7) is 6.57. The Bertz CT molecular complexity index is 1100. The smallest absolute Gasteiger partial charge is 0.245 e. The first-order valence-corrected chi connectivity index (χ1v) is 12.9. The molecule has 0 radical (unpaired) electrons. The van der Waals surface area contributed by atoms with Gasteiger partial charge in [0.25, 0.3) is 0 Å². The van der Waals surface area contributed by atoms with Gasteiger partial charge in [-0.15, -0.1) is 0 Å². The van der Waals surface area contributed by atoms with Crippen molar-refractivity contribution in [1.29, 1.82) is 0 Å². The highest BCUT2D eigenvalue weighted by atomic mass is 32.1. The van der Waals surface area contributed by atoms with E-state index in [1.54, 1.807) is 0 Å². The molecule has 8 heteroatoms. The number of hydrogen-bond donors (Lipinski definition) is 0. The fraction of sp³-hybridized carbons (Fsp3) is 0.423. The van der Waals surface area contributed by atoms with Gasteiger partial charge in [-0.05, 0) is 37.5 Å². The number of piperazine rings is 1. The van der Waals surface area contributed by atoms with Gasteiger partial charge < -0.3 is 19.4 Å². The summed E-state index contributed by atoms with van der Waals surface area (Å²) in [5.74, 6) is 1.95. The van der Waals surface area contributed by atoms with Gasteiger partial charge in [0.1, 0.15) is 17.6 Å². The predicted molar refractivity (Wildman–Crippen MR) is 136 cm³/mol. The van der Waals surface area contributed by atoms with Crippen molar-refractivity contribution in [3.05, 3.63) is 66.0 Å². The van der Waals surface area contributed by atoms with E-state index in [9.17, 15) is 4.79 Å². The van der Waals surface area contributed by atoms with Crippen molar-refractivity contribution in [3.63, 3.8) is 0 Å². The van der Waals surface area contributed by atoms with Crippen LogP contribution in [0.1, 0.15) is 31.2 Å². The number of aromatic nitrogens is 2. The topological polar surface area (TPSA) is 61.8 Å². The Kier molecular flexibility index (Phi) is 6.94. The van der Waals surface area contributed by atoms with Crippen LogP contribution in [0.25, 0.3) is 0 Å². The number of carbonyl (C=O) groups excluding carboxylic acids is 1. The van der Waals surface area contributed by atoms with Crippen molar-refractivity contribution in [1.82, 2.24) is 14.3 Å². The maximum atomic E-state index is 13.5. The molecule has 178 valence electrons. The van der Waals surface area contributed by atoms with Crippen LogP contribution in [-0.2, 0) is 11.2 Å². The monoisotopic (exact) mass is 477 g/mol. The Balaban J connectivity index is 1.21. The molecule has 1 unspecified atom stereocenters. The molecule has 1 amide bonds. The summed E-state index contributed by atoms with van der Waals surface area (Å²) in [5.41, 5.74) is 2.31. The van der Waals surface area contributed by atoms with E-state index < -0.39 is 0 Å². The van der Waals surface area contributed by atoms with E-state index in [0.29, 0.717) is 6.61 Å². The molecule has 0 N–H and O–H groups in total. The maximum Gasteiger partial charge on any atom is 0.245 e. The molecule has 2 aliphatic heterocycles. The lowest BCUT2D eigenvalue weighted by Crippen LogP contribution is -2.54. The van der Waals surface area contributed by atoms with Crippen molar-refractivity contribution in [2.75, 3.05) is 49.1 Å². The number of ether oxygens (including phenoxy) is 1. The molecular formula is C26H31N5O2S. The fourth-order valence-electron chi connectivity index (χ4n) is 4.84. The molecule has 5 rings (SSSR count). The van der Waals surface area contributed by atoms with E-state index in [1.807, 2.05) is 48.2 Å². The fourth-order valence-corrected chi connectivity index (χ4v) is 5.60. The first-order chi connectivity index (χ1) is 16.7. The number of rotatable bonds is 7. The highest BCUT2D eigenvalue weighted by Gasteiger charge is 2.36. The molecule has 0 spiro atoms. The van der Waals surface area contributed by atoms with Gasteiger partial charge in [0.2, 0.25) is 11.0 Å². The molecule has 1 aromatic heterocycles. The molecule has 2 aliphatic rings. The third kappa shape index (κ3) is 4.87. The van der Waals surface area contributed by atoms with Crippen molar-refractivity contribution in [3.8, 4) is 5.75 Å². The van der Waals surface area contributed by atoms with Crippen molar-refractivity contribution < 1.29 is 9.53 Å². The Morgan fingerprint density at radius 1 is 1.03 bits per heavy atom. The molecule has 3 aromatic rings. The lowest BCUT2D eigenvalue weighted by molar-refractivity contribution is -0.132. The second-order valence-corrected chi connectivity index (χ2v) is 9.45. The molecule has 0 aliphatic carbocycles. The lowest BCUT2D eigenvalue weighted by atomic mass is 10.1. The Morgan fingerprint density at radius 3 is 2.59 bits per heavy atom. The van der Waals surface area contributed by atoms with Crippen LogP contribution in [0, 0.1) is 0 Å². The summed E-state index contributed by atoms with van der Waals surface area (Å²) in [7, 11) is 0. The quantitative estimate of drug-likeness (QED) is 0.515. The molecule has 34 heavy (non-hydrogen) atoms. The number of nitrogens with zero attached hydrogens (tertiary/aromatic N) is 5. The minimum atomic E-state index is -0.139. The summed E-state index contributed by atoms with van der Waals surface area (Å²) in [5, 5.41) is 0.867. The van der Waals surface area contributed by atoms with Gasteiger partial charge >= 0.3 is 0 Å². The Hall–Kier alpha value is -3.13. The van der Waals surface area contributed by atoms with E-state index in [-0.39, 0.29) is 11.9 Å². The highest BCUT2D eigenvalue weighted by Crippen LogP contribution is 2.31. The zero-order valence-electron chi connectivity index (χ0n) is 19.6. The molecule has 7 nitrogen and oxygen atoms in total. The minimum absolute atomic E-state index is 0.139. The van der Waals surface area contributed by atoms with Crippen LogP contribution >= 0.6 is 11.5 Å². The van der Waals surface area contributed by atoms with Crippen LogP contribution in [0.3, 0.4) is 0 Å². The van der Waals surface area contributed by atoms with E-state index in [0.717, 1.165) is 74.4 Å². The molecular weight excluding hydrogens is 446 g/mol. The predicted octanol–water partition coefficient (Wildman–Crippen LogP) is 3.85. The third-order valence-corrected chi connectivity index (χ3v) is 7.33. The van der Waals surface area contributed by atoms with Crippen LogP contribution in [0.15, 0.2) is 54.6 Å². The number of para-hydroxylation sites is 2. The van der Waals surface area contributed by atoms with Crippen molar-refractivity contribution in [2.45, 2.75) is 32.2 Å². The number of carbonyl (C=O) groups is 1. The second-order valence-electron chi connectivity index (χ2n) is 8.72. The van der Waals surface area contributed by atoms with E-state index in [1.165, 1.54) is 17.1 Å². The van der Waals surface area contributed by atoms with Gasteiger partial charge in [-0.3, -0.25) is 4.79 Å². The standard InChI is InChI=1S/C26H31N5O2S/c1-2-33-23-13-7-6-11-21(23)29-15-17-30(18-16-29)25(32)22-12-8-14-31(22)26-27-24(28-34-26)19-20-9-4-3-5-10-20/h3-7,9-11,13,22H,2,8,12,14-19H2,1H3. The van der Waals surface area contributed by atoms with E-state index >= 15 is 0 Å². The molecule has 2 fully saturated rings. The molecule has 2 saturated heterocycles. The summed E-state index contributed by atoms with van der Waals surface area (Å²) in [6, 6.07) is 18.3. The van der Waals surface area contributed by atoms with Gasteiger partial charge in [-0.1, -0.05) is 42.5 Å². The number of amides is 1. The largest absolute Gasteiger partial charge is 0.492 e. The molecule has 0 saturated carbocycles. The van der Waals surface area contributed by atoms with E-state index in [2.05, 4.69) is 32.4 Å². The molecule has 0 bridgehead atoms. The van der Waals surface area contributed by atoms with Crippen molar-refractivity contribution in [2.24, 2.45) is 0 Å². The Morgan fingerprint density at radius 2 is 1.79 bits per heavy atom. The SMILES string of the molecule is CCOc1ccccc1N1CCN(C(=O)C2CCCN2c2nc(Cc3ccccc3)ns2)CC1. The second kappa shape index (κ2) is 10.4. The normalized spacial score (nSPS) is 18.4. The number of hydrogen-bond acceptors (Lipinski definition) is 7. The zero-order chi connectivity index (χ0) is 23.3. The average molecular weight is 478 g/mol. The van der Waals surface area contributed by atoms with Crippen LogP contribution in [0.5, 0.6) is 5.75 Å². The lowest BCUT2D eigenvalue weighted by Gasteiger charge is -2.38. The van der Waals surface area contributed by atoms with Crippen LogP contribution in [-0.4, -0.2) is 65.5 Å². The van der Waals surface area contributed by atoms with Gasteiger partial charge in [-0.2, -0.15) is 4.37 Å². The maximum absolute atomic E-state index is 13.5.